The fourth-order valence-electron chi connectivity index (χ4n) is 3.41. The number of benzene rings is 2. The molecule has 1 fully saturated rings. The molecule has 1 aliphatic rings. The third-order valence-corrected chi connectivity index (χ3v) is 6.83. The standard InChI is InChI=1S/C21H23N3O3S/c1-2-27-18-8-10-19(11-9-18)28(25,26)24-15-13-23(14-16-24)21-12-7-17-5-3-4-6-20(17)22-21/h3-12H,2,13-16H2,1H3. The third-order valence-electron chi connectivity index (χ3n) is 4.92. The molecule has 0 amide bonds. The molecule has 0 bridgehead atoms. The molecule has 2 heterocycles. The zero-order valence-corrected chi connectivity index (χ0v) is 16.6. The Morgan fingerprint density at radius 1 is 0.929 bits per heavy atom. The number of pyridine rings is 1. The maximum absolute atomic E-state index is 12.9. The second kappa shape index (κ2) is 7.77. The molecular formula is C21H23N3O3S. The number of rotatable bonds is 5. The van der Waals surface area contributed by atoms with Crippen molar-refractivity contribution in [2.24, 2.45) is 0 Å². The Balaban J connectivity index is 1.46. The summed E-state index contributed by atoms with van der Waals surface area (Å²) in [5, 5.41) is 1.10. The number of anilines is 1. The number of ether oxygens (including phenoxy) is 1. The predicted molar refractivity (Wildman–Crippen MR) is 110 cm³/mol. The number of fused-ring (bicyclic) bond motifs is 1. The van der Waals surface area contributed by atoms with Crippen LogP contribution in [0.15, 0.2) is 65.6 Å². The van der Waals surface area contributed by atoms with E-state index in [0.717, 1.165) is 16.7 Å². The summed E-state index contributed by atoms with van der Waals surface area (Å²) in [5.41, 5.74) is 0.949. The van der Waals surface area contributed by atoms with Gasteiger partial charge in [0.15, 0.2) is 0 Å². The van der Waals surface area contributed by atoms with Crippen molar-refractivity contribution in [3.05, 3.63) is 60.7 Å². The normalized spacial score (nSPS) is 15.7. The number of para-hydroxylation sites is 1. The number of nitrogens with zero attached hydrogens (tertiary/aromatic N) is 3. The van der Waals surface area contributed by atoms with Gasteiger partial charge in [-0.15, -0.1) is 0 Å². The van der Waals surface area contributed by atoms with Crippen molar-refractivity contribution in [1.82, 2.24) is 9.29 Å². The minimum Gasteiger partial charge on any atom is -0.494 e. The Hall–Kier alpha value is -2.64. The maximum Gasteiger partial charge on any atom is 0.243 e. The summed E-state index contributed by atoms with van der Waals surface area (Å²) in [6.07, 6.45) is 0. The highest BCUT2D eigenvalue weighted by Gasteiger charge is 2.29. The average Bonchev–Trinajstić information content (AvgIpc) is 2.74. The smallest absolute Gasteiger partial charge is 0.243 e. The number of hydrogen-bond acceptors (Lipinski definition) is 5. The second-order valence-corrected chi connectivity index (χ2v) is 8.60. The van der Waals surface area contributed by atoms with Crippen LogP contribution in [0.5, 0.6) is 5.75 Å². The predicted octanol–water partition coefficient (Wildman–Crippen LogP) is 3.14. The van der Waals surface area contributed by atoms with Crippen LogP contribution in [0.25, 0.3) is 10.9 Å². The van der Waals surface area contributed by atoms with E-state index in [-0.39, 0.29) is 0 Å². The van der Waals surface area contributed by atoms with E-state index < -0.39 is 10.0 Å². The van der Waals surface area contributed by atoms with Crippen molar-refractivity contribution >= 4 is 26.7 Å². The van der Waals surface area contributed by atoms with Gasteiger partial charge in [0.1, 0.15) is 11.6 Å². The molecule has 28 heavy (non-hydrogen) atoms. The molecule has 0 N–H and O–H groups in total. The van der Waals surface area contributed by atoms with Crippen LogP contribution in [-0.4, -0.2) is 50.5 Å². The molecule has 6 nitrogen and oxygen atoms in total. The first-order valence-electron chi connectivity index (χ1n) is 9.42. The monoisotopic (exact) mass is 397 g/mol. The molecule has 1 aliphatic heterocycles. The molecule has 0 aliphatic carbocycles. The fourth-order valence-corrected chi connectivity index (χ4v) is 4.83. The highest BCUT2D eigenvalue weighted by molar-refractivity contribution is 7.89. The summed E-state index contributed by atoms with van der Waals surface area (Å²) in [6, 6.07) is 18.7. The van der Waals surface area contributed by atoms with Crippen LogP contribution in [0.2, 0.25) is 0 Å². The van der Waals surface area contributed by atoms with E-state index >= 15 is 0 Å². The van der Waals surface area contributed by atoms with E-state index in [2.05, 4.69) is 11.0 Å². The molecule has 0 atom stereocenters. The molecule has 4 rings (SSSR count). The summed E-state index contributed by atoms with van der Waals surface area (Å²) in [7, 11) is -3.50. The Morgan fingerprint density at radius 2 is 1.64 bits per heavy atom. The van der Waals surface area contributed by atoms with Gasteiger partial charge in [-0.3, -0.25) is 0 Å². The van der Waals surface area contributed by atoms with Gasteiger partial charge < -0.3 is 9.64 Å². The Morgan fingerprint density at radius 3 is 2.36 bits per heavy atom. The van der Waals surface area contributed by atoms with Crippen molar-refractivity contribution in [1.29, 1.82) is 0 Å². The van der Waals surface area contributed by atoms with E-state index in [1.54, 1.807) is 28.6 Å². The molecule has 1 aromatic heterocycles. The van der Waals surface area contributed by atoms with E-state index in [1.165, 1.54) is 0 Å². The SMILES string of the molecule is CCOc1ccc(S(=O)(=O)N2CCN(c3ccc4ccccc4n3)CC2)cc1. The van der Waals surface area contributed by atoms with Crippen LogP contribution in [-0.2, 0) is 10.0 Å². The zero-order valence-electron chi connectivity index (χ0n) is 15.8. The van der Waals surface area contributed by atoms with Crippen LogP contribution >= 0.6 is 0 Å². The minimum atomic E-state index is -3.50. The van der Waals surface area contributed by atoms with Gasteiger partial charge in [-0.05, 0) is 49.4 Å². The molecule has 0 unspecified atom stereocenters. The number of piperazine rings is 1. The highest BCUT2D eigenvalue weighted by Crippen LogP contribution is 2.23. The maximum atomic E-state index is 12.9. The van der Waals surface area contributed by atoms with E-state index in [0.29, 0.717) is 43.4 Å². The average molecular weight is 398 g/mol. The van der Waals surface area contributed by atoms with Gasteiger partial charge >= 0.3 is 0 Å². The molecule has 0 radical (unpaired) electrons. The van der Waals surface area contributed by atoms with Gasteiger partial charge in [-0.2, -0.15) is 4.31 Å². The van der Waals surface area contributed by atoms with Crippen LogP contribution < -0.4 is 9.64 Å². The van der Waals surface area contributed by atoms with Gasteiger partial charge in [0.25, 0.3) is 0 Å². The van der Waals surface area contributed by atoms with Crippen LogP contribution in [0.3, 0.4) is 0 Å². The molecule has 7 heteroatoms. The van der Waals surface area contributed by atoms with E-state index in [1.807, 2.05) is 37.3 Å². The van der Waals surface area contributed by atoms with Gasteiger partial charge in [0.05, 0.1) is 17.0 Å². The summed E-state index contributed by atoms with van der Waals surface area (Å²) < 4.78 is 32.8. The van der Waals surface area contributed by atoms with Gasteiger partial charge in [0, 0.05) is 31.6 Å². The molecule has 1 saturated heterocycles. The first kappa shape index (κ1) is 18.7. The van der Waals surface area contributed by atoms with Crippen molar-refractivity contribution in [3.8, 4) is 5.75 Å². The van der Waals surface area contributed by atoms with Crippen molar-refractivity contribution in [2.45, 2.75) is 11.8 Å². The lowest BCUT2D eigenvalue weighted by Crippen LogP contribution is -2.48. The lowest BCUT2D eigenvalue weighted by Gasteiger charge is -2.34. The van der Waals surface area contributed by atoms with Crippen molar-refractivity contribution in [2.75, 3.05) is 37.7 Å². The fraction of sp³-hybridized carbons (Fsp3) is 0.286. The summed E-state index contributed by atoms with van der Waals surface area (Å²) in [4.78, 5) is 7.15. The highest BCUT2D eigenvalue weighted by atomic mass is 32.2. The Kier molecular flexibility index (Phi) is 5.19. The quantitative estimate of drug-likeness (QED) is 0.662. The van der Waals surface area contributed by atoms with E-state index in [9.17, 15) is 8.42 Å². The molecular weight excluding hydrogens is 374 g/mol. The van der Waals surface area contributed by atoms with Crippen LogP contribution in [0.1, 0.15) is 6.92 Å². The number of sulfonamides is 1. The van der Waals surface area contributed by atoms with Crippen LogP contribution in [0.4, 0.5) is 5.82 Å². The molecule has 0 spiro atoms. The van der Waals surface area contributed by atoms with E-state index in [4.69, 9.17) is 9.72 Å². The van der Waals surface area contributed by atoms with Gasteiger partial charge in [-0.1, -0.05) is 18.2 Å². The first-order valence-corrected chi connectivity index (χ1v) is 10.9. The summed E-state index contributed by atoms with van der Waals surface area (Å²) >= 11 is 0. The largest absolute Gasteiger partial charge is 0.494 e. The number of aromatic nitrogens is 1. The molecule has 146 valence electrons. The molecule has 0 saturated carbocycles. The van der Waals surface area contributed by atoms with Crippen LogP contribution in [0, 0.1) is 0 Å². The Bertz CT molecular complexity index is 1060. The van der Waals surface area contributed by atoms with Gasteiger partial charge in [0.2, 0.25) is 10.0 Å². The summed E-state index contributed by atoms with van der Waals surface area (Å²) in [5.74, 6) is 1.56. The third kappa shape index (κ3) is 3.68. The minimum absolute atomic E-state index is 0.299. The Labute approximate surface area is 165 Å². The van der Waals surface area contributed by atoms with Crippen molar-refractivity contribution in [3.63, 3.8) is 0 Å². The summed E-state index contributed by atoms with van der Waals surface area (Å²) in [6.45, 7) is 4.54. The lowest BCUT2D eigenvalue weighted by atomic mass is 10.2. The van der Waals surface area contributed by atoms with Crippen molar-refractivity contribution < 1.29 is 13.2 Å². The molecule has 2 aromatic carbocycles. The zero-order chi connectivity index (χ0) is 19.6. The molecule has 3 aromatic rings. The second-order valence-electron chi connectivity index (χ2n) is 6.66. The topological polar surface area (TPSA) is 62.7 Å². The first-order chi connectivity index (χ1) is 13.6. The van der Waals surface area contributed by atoms with Gasteiger partial charge in [-0.25, -0.2) is 13.4 Å². The lowest BCUT2D eigenvalue weighted by molar-refractivity contribution is 0.340. The number of hydrogen-bond donors (Lipinski definition) is 0.